The quantitative estimate of drug-likeness (QED) is 0.226. The fraction of sp³-hybridized carbons (Fsp3) is 0.286. The van der Waals surface area contributed by atoms with E-state index in [0.29, 0.717) is 0 Å². The van der Waals surface area contributed by atoms with Gasteiger partial charge in [-0.1, -0.05) is 74.3 Å². The van der Waals surface area contributed by atoms with Crippen molar-refractivity contribution in [1.29, 1.82) is 0 Å². The Morgan fingerprint density at radius 2 is 0.971 bits per heavy atom. The second kappa shape index (κ2) is 9.36. The van der Waals surface area contributed by atoms with Crippen molar-refractivity contribution < 1.29 is 0 Å². The van der Waals surface area contributed by atoms with Crippen molar-refractivity contribution >= 4 is 59.9 Å². The van der Waals surface area contributed by atoms with E-state index < -0.39 is 6.89 Å². The number of benzene rings is 3. The molecule has 3 aromatic carbocycles. The summed E-state index contributed by atoms with van der Waals surface area (Å²) >= 11 is 8.79. The first-order chi connectivity index (χ1) is 16.0. The fourth-order valence-corrected chi connectivity index (χ4v) is 13.2. The predicted molar refractivity (Wildman–Crippen MR) is 160 cm³/mol. The largest absolute Gasteiger partial charge is 0.351 e. The molecule has 0 atom stereocenters. The van der Waals surface area contributed by atoms with Crippen LogP contribution in [0.3, 0.4) is 0 Å². The highest BCUT2D eigenvalue weighted by molar-refractivity contribution is 9.36. The van der Waals surface area contributed by atoms with Gasteiger partial charge in [-0.3, -0.25) is 0 Å². The van der Waals surface area contributed by atoms with Gasteiger partial charge in [-0.05, 0) is 88.8 Å². The van der Waals surface area contributed by atoms with Gasteiger partial charge in [-0.15, -0.1) is 15.8 Å². The highest BCUT2D eigenvalue weighted by atomic mass is 79.9. The molecule has 0 spiro atoms. The van der Waals surface area contributed by atoms with Crippen molar-refractivity contribution in [2.24, 2.45) is 0 Å². The number of anilines is 2. The minimum atomic E-state index is -2.62. The van der Waals surface area contributed by atoms with Crippen LogP contribution in [-0.2, 0) is 0 Å². The number of hydrogen-bond donors (Lipinski definition) is 0. The molecule has 176 valence electrons. The van der Waals surface area contributed by atoms with E-state index in [4.69, 9.17) is 0 Å². The molecule has 3 aromatic rings. The fourth-order valence-electron chi connectivity index (χ4n) is 5.35. The number of hydrogen-bond acceptors (Lipinski definition) is 2. The molecule has 0 radical (unpaired) electrons. The lowest BCUT2D eigenvalue weighted by atomic mass is 9.81. The van der Waals surface area contributed by atoms with Crippen LogP contribution in [0, 0.1) is 55.4 Å². The highest BCUT2D eigenvalue weighted by Gasteiger charge is 2.57. The molecule has 0 fully saturated rings. The van der Waals surface area contributed by atoms with Crippen molar-refractivity contribution in [2.75, 3.05) is 9.13 Å². The minimum absolute atomic E-state index is 0.117. The van der Waals surface area contributed by atoms with E-state index in [0.717, 1.165) is 0 Å². The molecular formula is C28H33BBr2N2Si. The zero-order valence-electron chi connectivity index (χ0n) is 21.4. The van der Waals surface area contributed by atoms with Crippen LogP contribution in [0.1, 0.15) is 44.5 Å². The molecule has 0 aromatic heterocycles. The number of nitrogens with zero attached hydrogens (tertiary/aromatic N) is 2. The molecule has 1 heterocycles. The van der Waals surface area contributed by atoms with Gasteiger partial charge in [0.15, 0.2) is 0 Å². The summed E-state index contributed by atoms with van der Waals surface area (Å²) in [6, 6.07) is 15.5. The maximum Gasteiger partial charge on any atom is 0.324 e. The van der Waals surface area contributed by atoms with Crippen LogP contribution in [0.5, 0.6) is 0 Å². The third-order valence-corrected chi connectivity index (χ3v) is 18.3. The molecule has 6 heteroatoms. The Morgan fingerprint density at radius 3 is 1.32 bits per heavy atom. The summed E-state index contributed by atoms with van der Waals surface area (Å²) in [4.78, 5) is 0. The summed E-state index contributed by atoms with van der Waals surface area (Å²) in [5.41, 5.74) is 14.6. The zero-order chi connectivity index (χ0) is 24.9. The van der Waals surface area contributed by atoms with Gasteiger partial charge in [0.25, 0.3) is 0 Å². The van der Waals surface area contributed by atoms with Gasteiger partial charge in [-0.25, -0.2) is 0 Å². The van der Waals surface area contributed by atoms with Crippen molar-refractivity contribution in [2.45, 2.75) is 55.4 Å². The molecule has 4 rings (SSSR count). The molecule has 1 aliphatic heterocycles. The third kappa shape index (κ3) is 3.92. The first kappa shape index (κ1) is 25.3. The first-order valence-corrected chi connectivity index (χ1v) is 16.9. The molecular weight excluding hydrogens is 563 g/mol. The Bertz CT molecular complexity index is 1180. The van der Waals surface area contributed by atoms with Crippen LogP contribution < -0.4 is 14.6 Å². The monoisotopic (exact) mass is 594 g/mol. The Labute approximate surface area is 222 Å². The lowest BCUT2D eigenvalue weighted by Gasteiger charge is -2.43. The topological polar surface area (TPSA) is 6.48 Å². The maximum absolute atomic E-state index is 4.49. The molecule has 1 aliphatic rings. The number of rotatable bonds is 4. The normalized spacial score (nSPS) is 14.8. The number of halogens is 2. The number of para-hydroxylation sites is 2. The summed E-state index contributed by atoms with van der Waals surface area (Å²) in [6.07, 6.45) is 4.56. The highest BCUT2D eigenvalue weighted by Crippen LogP contribution is 2.44. The van der Waals surface area contributed by atoms with Gasteiger partial charge >= 0.3 is 12.0 Å². The van der Waals surface area contributed by atoms with E-state index in [1.165, 1.54) is 61.3 Å². The SMILES string of the molecule is Cc1cc(C)c(C)c(B(Br)[Si]2(Br)N(c3c(C)cccc3C)C=CN2c2c(C)cccc2C)c1C. The minimum Gasteiger partial charge on any atom is -0.351 e. The van der Waals surface area contributed by atoms with E-state index in [9.17, 15) is 0 Å². The summed E-state index contributed by atoms with van der Waals surface area (Å²) in [7, 11) is 0. The Balaban J connectivity index is 2.01. The van der Waals surface area contributed by atoms with Crippen LogP contribution in [0.2, 0.25) is 0 Å². The lowest BCUT2D eigenvalue weighted by molar-refractivity contribution is 1.26. The van der Waals surface area contributed by atoms with E-state index in [1.807, 2.05) is 0 Å². The van der Waals surface area contributed by atoms with Crippen LogP contribution in [0.15, 0.2) is 54.9 Å². The smallest absolute Gasteiger partial charge is 0.324 e. The number of aryl methyl sites for hydroxylation is 6. The first-order valence-electron chi connectivity index (χ1n) is 11.8. The third-order valence-electron chi connectivity index (χ3n) is 7.40. The second-order valence-electron chi connectivity index (χ2n) is 9.69. The van der Waals surface area contributed by atoms with Crippen LogP contribution in [0.4, 0.5) is 11.4 Å². The maximum atomic E-state index is 4.49. The van der Waals surface area contributed by atoms with E-state index >= 15 is 0 Å². The summed E-state index contributed by atoms with van der Waals surface area (Å²) in [5.74, 6) is 0. The van der Waals surface area contributed by atoms with Crippen LogP contribution in [-0.4, -0.2) is 12.0 Å². The molecule has 0 unspecified atom stereocenters. The van der Waals surface area contributed by atoms with Gasteiger partial charge in [0.2, 0.25) is 0 Å². The van der Waals surface area contributed by atoms with Gasteiger partial charge in [0, 0.05) is 23.8 Å². The van der Waals surface area contributed by atoms with Crippen molar-refractivity contribution in [1.82, 2.24) is 0 Å². The second-order valence-corrected chi connectivity index (χ2v) is 17.8. The van der Waals surface area contributed by atoms with Gasteiger partial charge in [-0.2, -0.15) is 0 Å². The van der Waals surface area contributed by atoms with E-state index in [1.54, 1.807) is 0 Å². The Hall–Kier alpha value is -1.76. The standard InChI is InChI=1S/C28H33BBr2N2Si/c1-18-11-9-12-19(2)27(18)32-15-16-33(28-20(3)13-10-14-21(28)4)34(32,31)29(30)26-24(7)22(5)17-23(6)25(26)8/h9-17H,1-8H3. The Morgan fingerprint density at radius 1 is 0.618 bits per heavy atom. The Kier molecular flexibility index (Phi) is 6.98. The molecule has 0 saturated carbocycles. The molecule has 0 amide bonds. The van der Waals surface area contributed by atoms with Crippen molar-refractivity contribution in [3.8, 4) is 0 Å². The molecule has 0 aliphatic carbocycles. The molecule has 0 bridgehead atoms. The van der Waals surface area contributed by atoms with Crippen LogP contribution in [0.25, 0.3) is 0 Å². The average Bonchev–Trinajstić information content (AvgIpc) is 3.10. The molecule has 34 heavy (non-hydrogen) atoms. The van der Waals surface area contributed by atoms with E-state index in [-0.39, 0.29) is 5.13 Å². The predicted octanol–water partition coefficient (Wildman–Crippen LogP) is 7.66. The zero-order valence-corrected chi connectivity index (χ0v) is 25.6. The van der Waals surface area contributed by atoms with Crippen LogP contribution >= 0.6 is 31.0 Å². The van der Waals surface area contributed by atoms with Crippen molar-refractivity contribution in [3.63, 3.8) is 0 Å². The average molecular weight is 596 g/mol. The molecule has 0 saturated heterocycles. The van der Waals surface area contributed by atoms with Crippen molar-refractivity contribution in [3.05, 3.63) is 99.4 Å². The van der Waals surface area contributed by atoms with Gasteiger partial charge in [0.1, 0.15) is 0 Å². The summed E-state index contributed by atoms with van der Waals surface area (Å²) < 4.78 is 5.08. The summed E-state index contributed by atoms with van der Waals surface area (Å²) in [6.45, 7) is 15.2. The molecule has 2 nitrogen and oxygen atoms in total. The lowest BCUT2D eigenvalue weighted by Crippen LogP contribution is -2.68. The molecule has 0 N–H and O–H groups in total. The van der Waals surface area contributed by atoms with Gasteiger partial charge < -0.3 is 9.13 Å². The van der Waals surface area contributed by atoms with E-state index in [2.05, 4.69) is 150 Å². The summed E-state index contributed by atoms with van der Waals surface area (Å²) in [5, 5.41) is 0.117. The van der Waals surface area contributed by atoms with Gasteiger partial charge in [0.05, 0.1) is 0 Å².